The van der Waals surface area contributed by atoms with Crippen molar-refractivity contribution in [2.75, 3.05) is 26.2 Å². The molecule has 2 amide bonds. The number of rotatable bonds is 6. The molecule has 0 aromatic rings. The van der Waals surface area contributed by atoms with Crippen LogP contribution in [-0.2, 0) is 9.59 Å². The van der Waals surface area contributed by atoms with E-state index >= 15 is 0 Å². The lowest BCUT2D eigenvalue weighted by Gasteiger charge is -2.32. The second-order valence-electron chi connectivity index (χ2n) is 4.87. The average Bonchev–Trinajstić information content (AvgIpc) is 2.32. The van der Waals surface area contributed by atoms with Gasteiger partial charge in [-0.3, -0.25) is 14.5 Å². The fraction of sp³-hybridized carbons (Fsp3) is 0.833. The van der Waals surface area contributed by atoms with E-state index in [0.29, 0.717) is 13.1 Å². The van der Waals surface area contributed by atoms with Crippen molar-refractivity contribution in [3.05, 3.63) is 0 Å². The molecule has 104 valence electrons. The van der Waals surface area contributed by atoms with Gasteiger partial charge in [0.2, 0.25) is 11.8 Å². The molecule has 1 unspecified atom stereocenters. The van der Waals surface area contributed by atoms with Crippen molar-refractivity contribution in [1.29, 1.82) is 0 Å². The molecule has 1 aliphatic rings. The van der Waals surface area contributed by atoms with Crippen LogP contribution in [0.25, 0.3) is 0 Å². The van der Waals surface area contributed by atoms with Crippen LogP contribution in [0.5, 0.6) is 0 Å². The minimum Gasteiger partial charge on any atom is -0.369 e. The summed E-state index contributed by atoms with van der Waals surface area (Å²) in [4.78, 5) is 24.7. The SMILES string of the molecule is CCC(CN)C(=O)NC1CCN(CC(N)=O)CC1. The Balaban J connectivity index is 2.31. The molecule has 0 aromatic carbocycles. The van der Waals surface area contributed by atoms with Crippen LogP contribution in [0.1, 0.15) is 26.2 Å². The van der Waals surface area contributed by atoms with Gasteiger partial charge in [0.05, 0.1) is 6.54 Å². The molecular formula is C12H24N4O2. The van der Waals surface area contributed by atoms with E-state index in [1.165, 1.54) is 0 Å². The third-order valence-corrected chi connectivity index (χ3v) is 3.46. The Labute approximate surface area is 108 Å². The molecule has 5 N–H and O–H groups in total. The Bertz CT molecular complexity index is 284. The standard InChI is InChI=1S/C12H24N4O2/c1-2-9(7-13)12(18)15-10-3-5-16(6-4-10)8-11(14)17/h9-10H,2-8,13H2,1H3,(H2,14,17)(H,15,18). The van der Waals surface area contributed by atoms with Gasteiger partial charge in [-0.25, -0.2) is 0 Å². The predicted molar refractivity (Wildman–Crippen MR) is 69.6 cm³/mol. The Kier molecular flexibility index (Phi) is 6.07. The molecule has 1 atom stereocenters. The molecular weight excluding hydrogens is 232 g/mol. The smallest absolute Gasteiger partial charge is 0.231 e. The van der Waals surface area contributed by atoms with Crippen LogP contribution in [-0.4, -0.2) is 48.9 Å². The summed E-state index contributed by atoms with van der Waals surface area (Å²) in [6.07, 6.45) is 2.49. The van der Waals surface area contributed by atoms with E-state index in [2.05, 4.69) is 5.32 Å². The van der Waals surface area contributed by atoms with Crippen molar-refractivity contribution < 1.29 is 9.59 Å². The Hall–Kier alpha value is -1.14. The number of primary amides is 1. The van der Waals surface area contributed by atoms with Crippen LogP contribution in [0.4, 0.5) is 0 Å². The van der Waals surface area contributed by atoms with E-state index in [9.17, 15) is 9.59 Å². The van der Waals surface area contributed by atoms with E-state index in [-0.39, 0.29) is 23.8 Å². The lowest BCUT2D eigenvalue weighted by molar-refractivity contribution is -0.126. The molecule has 0 spiro atoms. The normalized spacial score (nSPS) is 19.4. The first-order valence-electron chi connectivity index (χ1n) is 6.57. The van der Waals surface area contributed by atoms with Gasteiger partial charge < -0.3 is 16.8 Å². The molecule has 0 radical (unpaired) electrons. The van der Waals surface area contributed by atoms with Gasteiger partial charge in [0.1, 0.15) is 0 Å². The lowest BCUT2D eigenvalue weighted by atomic mass is 10.0. The minimum atomic E-state index is -0.299. The third kappa shape index (κ3) is 4.62. The molecule has 18 heavy (non-hydrogen) atoms. The molecule has 0 aromatic heterocycles. The monoisotopic (exact) mass is 256 g/mol. The highest BCUT2D eigenvalue weighted by atomic mass is 16.2. The number of nitrogens with one attached hydrogen (secondary N) is 1. The van der Waals surface area contributed by atoms with Gasteiger partial charge in [-0.1, -0.05) is 6.92 Å². The van der Waals surface area contributed by atoms with Gasteiger partial charge in [0, 0.05) is 31.6 Å². The summed E-state index contributed by atoms with van der Waals surface area (Å²) >= 11 is 0. The van der Waals surface area contributed by atoms with Crippen LogP contribution < -0.4 is 16.8 Å². The summed E-state index contributed by atoms with van der Waals surface area (Å²) in [6, 6.07) is 0.197. The van der Waals surface area contributed by atoms with E-state index in [0.717, 1.165) is 32.4 Å². The molecule has 1 aliphatic heterocycles. The highest BCUT2D eigenvalue weighted by Crippen LogP contribution is 2.11. The van der Waals surface area contributed by atoms with E-state index in [1.54, 1.807) is 0 Å². The Morgan fingerprint density at radius 2 is 2.00 bits per heavy atom. The summed E-state index contributed by atoms with van der Waals surface area (Å²) in [5.74, 6) is -0.339. The first-order valence-corrected chi connectivity index (χ1v) is 6.57. The zero-order valence-corrected chi connectivity index (χ0v) is 11.0. The van der Waals surface area contributed by atoms with Crippen LogP contribution in [0, 0.1) is 5.92 Å². The first kappa shape index (κ1) is 14.9. The van der Waals surface area contributed by atoms with Crippen molar-refractivity contribution in [2.24, 2.45) is 17.4 Å². The second kappa shape index (κ2) is 7.33. The maximum Gasteiger partial charge on any atom is 0.231 e. The van der Waals surface area contributed by atoms with Crippen molar-refractivity contribution in [1.82, 2.24) is 10.2 Å². The zero-order chi connectivity index (χ0) is 13.5. The van der Waals surface area contributed by atoms with Crippen LogP contribution >= 0.6 is 0 Å². The fourth-order valence-electron chi connectivity index (χ4n) is 2.23. The summed E-state index contributed by atoms with van der Waals surface area (Å²) in [7, 11) is 0. The first-order chi connectivity index (χ1) is 8.56. The predicted octanol–water partition coefficient (Wildman–Crippen LogP) is -0.963. The number of carbonyl (C=O) groups excluding carboxylic acids is 2. The summed E-state index contributed by atoms with van der Waals surface area (Å²) in [5.41, 5.74) is 10.7. The van der Waals surface area contributed by atoms with E-state index in [1.807, 2.05) is 11.8 Å². The van der Waals surface area contributed by atoms with Crippen molar-refractivity contribution in [3.8, 4) is 0 Å². The van der Waals surface area contributed by atoms with Gasteiger partial charge in [-0.2, -0.15) is 0 Å². The highest BCUT2D eigenvalue weighted by Gasteiger charge is 2.23. The number of hydrogen-bond acceptors (Lipinski definition) is 4. The molecule has 0 aliphatic carbocycles. The van der Waals surface area contributed by atoms with Gasteiger partial charge >= 0.3 is 0 Å². The Morgan fingerprint density at radius 1 is 1.39 bits per heavy atom. The maximum atomic E-state index is 11.9. The quantitative estimate of drug-likeness (QED) is 0.569. The number of amides is 2. The number of nitrogens with zero attached hydrogens (tertiary/aromatic N) is 1. The van der Waals surface area contributed by atoms with Gasteiger partial charge in [0.15, 0.2) is 0 Å². The van der Waals surface area contributed by atoms with Crippen LogP contribution in [0.15, 0.2) is 0 Å². The number of hydrogen-bond donors (Lipinski definition) is 3. The minimum absolute atomic E-state index is 0.0494. The van der Waals surface area contributed by atoms with Crippen molar-refractivity contribution in [2.45, 2.75) is 32.2 Å². The van der Waals surface area contributed by atoms with Gasteiger partial charge in [0.25, 0.3) is 0 Å². The van der Waals surface area contributed by atoms with E-state index < -0.39 is 0 Å². The lowest BCUT2D eigenvalue weighted by Crippen LogP contribution is -2.48. The molecule has 0 saturated carbocycles. The largest absolute Gasteiger partial charge is 0.369 e. The molecule has 0 bridgehead atoms. The summed E-state index contributed by atoms with van der Waals surface area (Å²) < 4.78 is 0. The third-order valence-electron chi connectivity index (χ3n) is 3.46. The number of carbonyl (C=O) groups is 2. The van der Waals surface area contributed by atoms with Crippen molar-refractivity contribution >= 4 is 11.8 Å². The molecule has 6 heteroatoms. The number of nitrogens with two attached hydrogens (primary N) is 2. The van der Waals surface area contributed by atoms with Gasteiger partial charge in [-0.05, 0) is 19.3 Å². The summed E-state index contributed by atoms with van der Waals surface area (Å²) in [5, 5.41) is 3.03. The highest BCUT2D eigenvalue weighted by molar-refractivity contribution is 5.79. The van der Waals surface area contributed by atoms with Crippen LogP contribution in [0.2, 0.25) is 0 Å². The molecule has 1 heterocycles. The fourth-order valence-corrected chi connectivity index (χ4v) is 2.23. The van der Waals surface area contributed by atoms with Crippen LogP contribution in [0.3, 0.4) is 0 Å². The van der Waals surface area contributed by atoms with Crippen molar-refractivity contribution in [3.63, 3.8) is 0 Å². The zero-order valence-electron chi connectivity index (χ0n) is 11.0. The van der Waals surface area contributed by atoms with Gasteiger partial charge in [-0.15, -0.1) is 0 Å². The second-order valence-corrected chi connectivity index (χ2v) is 4.87. The molecule has 1 rings (SSSR count). The average molecular weight is 256 g/mol. The van der Waals surface area contributed by atoms with E-state index in [4.69, 9.17) is 11.5 Å². The Morgan fingerprint density at radius 3 is 2.44 bits per heavy atom. The number of likely N-dealkylation sites (tertiary alicyclic amines) is 1. The topological polar surface area (TPSA) is 101 Å². The summed E-state index contributed by atoms with van der Waals surface area (Å²) in [6.45, 7) is 4.26. The maximum absolute atomic E-state index is 11.9. The number of piperidine rings is 1. The molecule has 1 saturated heterocycles. The molecule has 1 fully saturated rings. The molecule has 6 nitrogen and oxygen atoms in total.